The van der Waals surface area contributed by atoms with Gasteiger partial charge in [0.15, 0.2) is 0 Å². The molecule has 3 heteroatoms. The van der Waals surface area contributed by atoms with Crippen LogP contribution in [0.5, 0.6) is 0 Å². The van der Waals surface area contributed by atoms with Gasteiger partial charge in [0, 0.05) is 18.1 Å². The maximum atomic E-state index is 5.99. The number of nitrogens with one attached hydrogen (secondary N) is 1. The molecule has 0 heterocycles. The van der Waals surface area contributed by atoms with Crippen molar-refractivity contribution in [2.24, 2.45) is 0 Å². The monoisotopic (exact) mass is 228 g/mol. The number of nitrogens with zero attached hydrogens (tertiary/aromatic N) is 1. The Morgan fingerprint density at radius 2 is 2.00 bits per heavy atom. The molecule has 1 atom stereocenters. The van der Waals surface area contributed by atoms with Crippen molar-refractivity contribution in [2.75, 3.05) is 27.2 Å². The largest absolute Gasteiger partial charge is 0.375 e. The first-order valence-electron chi connectivity index (χ1n) is 6.48. The van der Waals surface area contributed by atoms with Crippen LogP contribution in [0.2, 0.25) is 0 Å². The summed E-state index contributed by atoms with van der Waals surface area (Å²) >= 11 is 0. The van der Waals surface area contributed by atoms with Gasteiger partial charge in [0.25, 0.3) is 0 Å². The highest BCUT2D eigenvalue weighted by molar-refractivity contribution is 4.82. The zero-order valence-corrected chi connectivity index (χ0v) is 11.5. The first kappa shape index (κ1) is 13.9. The smallest absolute Gasteiger partial charge is 0.0697 e. The Bertz CT molecular complexity index is 200. The topological polar surface area (TPSA) is 24.5 Å². The molecule has 1 fully saturated rings. The Morgan fingerprint density at radius 3 is 2.44 bits per heavy atom. The molecule has 1 saturated carbocycles. The molecule has 0 aromatic carbocycles. The molecule has 0 bridgehead atoms. The summed E-state index contributed by atoms with van der Waals surface area (Å²) in [6.45, 7) is 8.43. The summed E-state index contributed by atoms with van der Waals surface area (Å²) in [5.74, 6) is 0. The van der Waals surface area contributed by atoms with Crippen molar-refractivity contribution in [3.63, 3.8) is 0 Å². The summed E-state index contributed by atoms with van der Waals surface area (Å²) in [5, 5.41) is 3.53. The van der Waals surface area contributed by atoms with E-state index in [0.29, 0.717) is 6.10 Å². The van der Waals surface area contributed by atoms with E-state index < -0.39 is 0 Å². The average Bonchev–Trinajstić information content (AvgIpc) is 3.01. The summed E-state index contributed by atoms with van der Waals surface area (Å²) in [7, 11) is 4.21. The molecule has 96 valence electrons. The molecular formula is C13H28N2O. The van der Waals surface area contributed by atoms with E-state index in [-0.39, 0.29) is 5.54 Å². The fourth-order valence-electron chi connectivity index (χ4n) is 1.36. The number of likely N-dealkylation sites (N-methyl/N-ethyl adjacent to an activating group) is 1. The summed E-state index contributed by atoms with van der Waals surface area (Å²) in [6.07, 6.45) is 4.14. The van der Waals surface area contributed by atoms with Crippen LogP contribution in [0.15, 0.2) is 0 Å². The van der Waals surface area contributed by atoms with Crippen LogP contribution in [0.3, 0.4) is 0 Å². The van der Waals surface area contributed by atoms with Gasteiger partial charge in [0.05, 0.1) is 12.7 Å². The molecule has 1 aliphatic rings. The van der Waals surface area contributed by atoms with Crippen LogP contribution >= 0.6 is 0 Å². The minimum Gasteiger partial charge on any atom is -0.375 e. The zero-order chi connectivity index (χ0) is 12.2. The van der Waals surface area contributed by atoms with Crippen LogP contribution in [0, 0.1) is 0 Å². The molecule has 0 spiro atoms. The van der Waals surface area contributed by atoms with Gasteiger partial charge < -0.3 is 15.0 Å². The Morgan fingerprint density at radius 1 is 1.38 bits per heavy atom. The number of rotatable bonds is 8. The third kappa shape index (κ3) is 4.81. The Hall–Kier alpha value is -0.120. The lowest BCUT2D eigenvalue weighted by molar-refractivity contribution is -0.0124. The second kappa shape index (κ2) is 5.99. The van der Waals surface area contributed by atoms with Crippen molar-refractivity contribution in [2.45, 2.75) is 57.7 Å². The molecule has 0 aromatic rings. The van der Waals surface area contributed by atoms with Crippen molar-refractivity contribution < 1.29 is 4.74 Å². The average molecular weight is 228 g/mol. The molecule has 0 radical (unpaired) electrons. The van der Waals surface area contributed by atoms with Gasteiger partial charge in [0.1, 0.15) is 0 Å². The summed E-state index contributed by atoms with van der Waals surface area (Å²) in [6, 6.07) is 0.777. The fraction of sp³-hybridized carbons (Fsp3) is 1.00. The van der Waals surface area contributed by atoms with Crippen LogP contribution in [-0.2, 0) is 4.74 Å². The quantitative estimate of drug-likeness (QED) is 0.686. The van der Waals surface area contributed by atoms with Crippen molar-refractivity contribution in [3.05, 3.63) is 0 Å². The van der Waals surface area contributed by atoms with Crippen LogP contribution in [0.1, 0.15) is 40.0 Å². The van der Waals surface area contributed by atoms with E-state index in [1.54, 1.807) is 0 Å². The van der Waals surface area contributed by atoms with E-state index >= 15 is 0 Å². The SMILES string of the molecule is CCC(CNC1CC1)OCC(C)(C)N(C)C. The van der Waals surface area contributed by atoms with Gasteiger partial charge in [0.2, 0.25) is 0 Å². The van der Waals surface area contributed by atoms with E-state index in [1.165, 1.54) is 12.8 Å². The van der Waals surface area contributed by atoms with Gasteiger partial charge in [-0.3, -0.25) is 0 Å². The highest BCUT2D eigenvalue weighted by Crippen LogP contribution is 2.19. The lowest BCUT2D eigenvalue weighted by Crippen LogP contribution is -2.44. The van der Waals surface area contributed by atoms with E-state index in [4.69, 9.17) is 4.74 Å². The van der Waals surface area contributed by atoms with Gasteiger partial charge in [-0.05, 0) is 47.2 Å². The molecule has 16 heavy (non-hydrogen) atoms. The van der Waals surface area contributed by atoms with Crippen LogP contribution < -0.4 is 5.32 Å². The van der Waals surface area contributed by atoms with Crippen molar-refractivity contribution in [1.29, 1.82) is 0 Å². The zero-order valence-electron chi connectivity index (χ0n) is 11.5. The van der Waals surface area contributed by atoms with Gasteiger partial charge in [-0.2, -0.15) is 0 Å². The maximum absolute atomic E-state index is 5.99. The van der Waals surface area contributed by atoms with Crippen LogP contribution in [0.25, 0.3) is 0 Å². The Kier molecular flexibility index (Phi) is 5.22. The number of hydrogen-bond donors (Lipinski definition) is 1. The predicted molar refractivity (Wildman–Crippen MR) is 68.8 cm³/mol. The molecule has 1 aliphatic carbocycles. The first-order valence-corrected chi connectivity index (χ1v) is 6.48. The fourth-order valence-corrected chi connectivity index (χ4v) is 1.36. The molecule has 0 amide bonds. The van der Waals surface area contributed by atoms with Crippen LogP contribution in [-0.4, -0.2) is 49.8 Å². The van der Waals surface area contributed by atoms with Gasteiger partial charge >= 0.3 is 0 Å². The molecular weight excluding hydrogens is 200 g/mol. The van der Waals surface area contributed by atoms with E-state index in [9.17, 15) is 0 Å². The Labute approximate surface area is 101 Å². The molecule has 3 nitrogen and oxygen atoms in total. The standard InChI is InChI=1S/C13H28N2O/c1-6-12(9-14-11-7-8-11)16-10-13(2,3)15(4)5/h11-12,14H,6-10H2,1-5H3. The van der Waals surface area contributed by atoms with Crippen LogP contribution in [0.4, 0.5) is 0 Å². The second-order valence-corrected chi connectivity index (χ2v) is 5.73. The minimum absolute atomic E-state index is 0.118. The minimum atomic E-state index is 0.118. The number of ether oxygens (including phenoxy) is 1. The van der Waals surface area contributed by atoms with Crippen molar-refractivity contribution in [3.8, 4) is 0 Å². The molecule has 0 aromatic heterocycles. The summed E-state index contributed by atoms with van der Waals surface area (Å²) in [4.78, 5) is 2.22. The van der Waals surface area contributed by atoms with Gasteiger partial charge in [-0.1, -0.05) is 6.92 Å². The van der Waals surface area contributed by atoms with E-state index in [0.717, 1.165) is 25.6 Å². The molecule has 1 rings (SSSR count). The molecule has 0 aliphatic heterocycles. The van der Waals surface area contributed by atoms with Crippen molar-refractivity contribution in [1.82, 2.24) is 10.2 Å². The number of hydrogen-bond acceptors (Lipinski definition) is 3. The highest BCUT2D eigenvalue weighted by Gasteiger charge is 2.24. The molecule has 0 saturated heterocycles. The third-order valence-corrected chi connectivity index (χ3v) is 3.55. The van der Waals surface area contributed by atoms with Crippen molar-refractivity contribution >= 4 is 0 Å². The summed E-state index contributed by atoms with van der Waals surface area (Å²) in [5.41, 5.74) is 0.118. The predicted octanol–water partition coefficient (Wildman–Crippen LogP) is 1.87. The maximum Gasteiger partial charge on any atom is 0.0697 e. The first-order chi connectivity index (χ1) is 7.45. The van der Waals surface area contributed by atoms with Gasteiger partial charge in [-0.15, -0.1) is 0 Å². The lowest BCUT2D eigenvalue weighted by atomic mass is 10.1. The van der Waals surface area contributed by atoms with E-state index in [2.05, 4.69) is 45.1 Å². The summed E-state index contributed by atoms with van der Waals surface area (Å²) < 4.78 is 5.99. The molecule has 1 unspecified atom stereocenters. The van der Waals surface area contributed by atoms with Gasteiger partial charge in [-0.25, -0.2) is 0 Å². The highest BCUT2D eigenvalue weighted by atomic mass is 16.5. The third-order valence-electron chi connectivity index (χ3n) is 3.55. The normalized spacial score (nSPS) is 19.1. The molecule has 1 N–H and O–H groups in total. The lowest BCUT2D eigenvalue weighted by Gasteiger charge is -2.33. The second-order valence-electron chi connectivity index (χ2n) is 5.73. The Balaban J connectivity index is 2.21. The van der Waals surface area contributed by atoms with E-state index in [1.807, 2.05) is 0 Å².